The van der Waals surface area contributed by atoms with Crippen LogP contribution >= 0.6 is 0 Å². The molecule has 2 aliphatic heterocycles. The Hall–Kier alpha value is -4.51. The van der Waals surface area contributed by atoms with Gasteiger partial charge in [0.1, 0.15) is 16.6 Å². The van der Waals surface area contributed by atoms with Crippen molar-refractivity contribution in [3.8, 4) is 5.82 Å². The van der Waals surface area contributed by atoms with Crippen molar-refractivity contribution < 1.29 is 14.6 Å². The molecule has 11 nitrogen and oxygen atoms in total. The van der Waals surface area contributed by atoms with Gasteiger partial charge in [0.2, 0.25) is 5.95 Å². The number of hydrogen-bond donors (Lipinski definition) is 2. The number of hydrogen-bond acceptors (Lipinski definition) is 8. The Bertz CT molecular complexity index is 1990. The number of rotatable bonds is 3. The number of aromatic nitrogens is 5. The van der Waals surface area contributed by atoms with E-state index in [2.05, 4.69) is 35.4 Å². The van der Waals surface area contributed by atoms with E-state index in [4.69, 9.17) is 14.7 Å². The van der Waals surface area contributed by atoms with Gasteiger partial charge in [-0.1, -0.05) is 24.3 Å². The number of benzene rings is 1. The number of aliphatic hydroxyl groups is 1. The number of likely N-dealkylation sites (tertiary alicyclic amines) is 1. The van der Waals surface area contributed by atoms with Gasteiger partial charge in [-0.25, -0.2) is 24.1 Å². The van der Waals surface area contributed by atoms with Crippen LogP contribution in [0.3, 0.4) is 0 Å². The van der Waals surface area contributed by atoms with Crippen LogP contribution in [0.15, 0.2) is 59.5 Å². The Morgan fingerprint density at radius 2 is 1.78 bits per heavy atom. The summed E-state index contributed by atoms with van der Waals surface area (Å²) in [5, 5.41) is 14.9. The van der Waals surface area contributed by atoms with Crippen LogP contribution in [0.5, 0.6) is 0 Å². The predicted octanol–water partition coefficient (Wildman–Crippen LogP) is 7.26. The molecule has 50 heavy (non-hydrogen) atoms. The fraction of sp³-hybridized carbons (Fsp3) is 0.513. The van der Waals surface area contributed by atoms with Crippen LogP contribution in [0.25, 0.3) is 16.9 Å². The van der Waals surface area contributed by atoms with Crippen molar-refractivity contribution in [1.29, 1.82) is 0 Å². The van der Waals surface area contributed by atoms with Crippen LogP contribution in [0.2, 0.25) is 0 Å². The van der Waals surface area contributed by atoms with E-state index in [0.29, 0.717) is 59.2 Å². The minimum atomic E-state index is -1.11. The number of anilines is 2. The van der Waals surface area contributed by atoms with Gasteiger partial charge in [0.05, 0.1) is 12.2 Å². The summed E-state index contributed by atoms with van der Waals surface area (Å²) in [6.07, 6.45) is 13.2. The maximum atomic E-state index is 13.5. The molecule has 11 heteroatoms. The molecule has 0 radical (unpaired) electrons. The first-order chi connectivity index (χ1) is 23.8. The zero-order valence-corrected chi connectivity index (χ0v) is 29.9. The molecule has 3 aliphatic rings. The zero-order valence-electron chi connectivity index (χ0n) is 29.9. The quantitative estimate of drug-likeness (QED) is 0.217. The SMILES string of the molecule is Cc1cc(Nc2ncc3c(=O)n4n(c3n2)-c2cccc(n2)[C@](C)(O)CC/C=C\C4)ccc1C1CCC2(CC1)CCN(C(=O)OC(C)(C)C)CC2. The lowest BCUT2D eigenvalue weighted by Crippen LogP contribution is -2.46. The number of piperidine rings is 1. The van der Waals surface area contributed by atoms with E-state index < -0.39 is 11.2 Å². The van der Waals surface area contributed by atoms with Gasteiger partial charge in [-0.05, 0) is 133 Å². The number of fused-ring (bicyclic) bond motifs is 6. The second kappa shape index (κ2) is 13.0. The molecule has 1 aromatic carbocycles. The summed E-state index contributed by atoms with van der Waals surface area (Å²) in [7, 11) is 0. The lowest BCUT2D eigenvalue weighted by Gasteiger charge is -2.46. The first-order valence-corrected chi connectivity index (χ1v) is 18.0. The van der Waals surface area contributed by atoms with Crippen molar-refractivity contribution in [2.24, 2.45) is 5.41 Å². The molecule has 1 spiro atoms. The summed E-state index contributed by atoms with van der Waals surface area (Å²) in [4.78, 5) is 42.2. The summed E-state index contributed by atoms with van der Waals surface area (Å²) in [6.45, 7) is 11.6. The Kier molecular flexibility index (Phi) is 8.82. The van der Waals surface area contributed by atoms with Gasteiger partial charge in [-0.15, -0.1) is 0 Å². The van der Waals surface area contributed by atoms with E-state index in [9.17, 15) is 14.7 Å². The second-order valence-electron chi connectivity index (χ2n) is 15.7. The fourth-order valence-corrected chi connectivity index (χ4v) is 7.98. The third-order valence-electron chi connectivity index (χ3n) is 10.9. The van der Waals surface area contributed by atoms with Gasteiger partial charge in [0.25, 0.3) is 5.56 Å². The highest BCUT2D eigenvalue weighted by atomic mass is 16.6. The number of amides is 1. The molecule has 7 rings (SSSR count). The summed E-state index contributed by atoms with van der Waals surface area (Å²) in [6, 6.07) is 12.0. The molecule has 0 unspecified atom stereocenters. The molecule has 2 fully saturated rings. The van der Waals surface area contributed by atoms with Gasteiger partial charge >= 0.3 is 6.09 Å². The highest BCUT2D eigenvalue weighted by Crippen LogP contribution is 2.49. The molecule has 3 aromatic heterocycles. The number of aryl methyl sites for hydroxylation is 1. The zero-order chi connectivity index (χ0) is 35.3. The Labute approximate surface area is 293 Å². The summed E-state index contributed by atoms with van der Waals surface area (Å²) < 4.78 is 8.95. The minimum absolute atomic E-state index is 0.191. The predicted molar refractivity (Wildman–Crippen MR) is 194 cm³/mol. The molecule has 1 aliphatic carbocycles. The van der Waals surface area contributed by atoms with Crippen LogP contribution in [-0.2, 0) is 16.9 Å². The highest BCUT2D eigenvalue weighted by Gasteiger charge is 2.40. The summed E-state index contributed by atoms with van der Waals surface area (Å²) in [5.41, 5.74) is 3.03. The number of allylic oxidation sites excluding steroid dienone is 2. The van der Waals surface area contributed by atoms with Gasteiger partial charge < -0.3 is 20.1 Å². The van der Waals surface area contributed by atoms with Crippen molar-refractivity contribution in [1.82, 2.24) is 29.2 Å². The largest absolute Gasteiger partial charge is 0.444 e. The number of nitrogens with zero attached hydrogens (tertiary/aromatic N) is 6. The van der Waals surface area contributed by atoms with Crippen LogP contribution in [0.4, 0.5) is 16.4 Å². The van der Waals surface area contributed by atoms with Crippen molar-refractivity contribution in [2.75, 3.05) is 18.4 Å². The van der Waals surface area contributed by atoms with Gasteiger partial charge in [0.15, 0.2) is 11.5 Å². The molecule has 2 N–H and O–H groups in total. The van der Waals surface area contributed by atoms with Crippen molar-refractivity contribution in [3.05, 3.63) is 81.9 Å². The van der Waals surface area contributed by atoms with Crippen LogP contribution < -0.4 is 10.9 Å². The van der Waals surface area contributed by atoms with Crippen LogP contribution in [0.1, 0.15) is 102 Å². The smallest absolute Gasteiger partial charge is 0.410 e. The van der Waals surface area contributed by atoms with E-state index >= 15 is 0 Å². The first-order valence-electron chi connectivity index (χ1n) is 18.0. The molecule has 5 heterocycles. The van der Waals surface area contributed by atoms with Gasteiger partial charge in [-0.2, -0.15) is 4.98 Å². The van der Waals surface area contributed by atoms with Crippen molar-refractivity contribution in [2.45, 2.75) is 110 Å². The van der Waals surface area contributed by atoms with Crippen LogP contribution in [0, 0.1) is 12.3 Å². The molecule has 1 saturated heterocycles. The number of pyridine rings is 1. The number of carbonyl (C=O) groups excluding carboxylic acids is 1. The average Bonchev–Trinajstić information content (AvgIpc) is 3.34. The molecule has 2 bridgehead atoms. The van der Waals surface area contributed by atoms with Crippen LogP contribution in [-0.4, -0.2) is 59.1 Å². The number of nitrogens with one attached hydrogen (secondary N) is 1. The molecule has 264 valence electrons. The Morgan fingerprint density at radius 3 is 2.50 bits per heavy atom. The third-order valence-corrected chi connectivity index (χ3v) is 10.9. The monoisotopic (exact) mass is 679 g/mol. The lowest BCUT2D eigenvalue weighted by molar-refractivity contribution is 0.00344. The molecule has 1 amide bonds. The normalized spacial score (nSPS) is 21.8. The highest BCUT2D eigenvalue weighted by molar-refractivity contribution is 5.77. The average molecular weight is 680 g/mol. The molecular weight excluding hydrogens is 630 g/mol. The minimum Gasteiger partial charge on any atom is -0.444 e. The molecule has 4 aromatic rings. The molecular formula is C39H49N7O4. The summed E-state index contributed by atoms with van der Waals surface area (Å²) in [5.74, 6) is 1.41. The van der Waals surface area contributed by atoms with E-state index in [1.165, 1.54) is 24.0 Å². The van der Waals surface area contributed by atoms with E-state index in [1.54, 1.807) is 22.5 Å². The van der Waals surface area contributed by atoms with E-state index in [0.717, 1.165) is 44.5 Å². The summed E-state index contributed by atoms with van der Waals surface area (Å²) >= 11 is 0. The third kappa shape index (κ3) is 6.80. The van der Waals surface area contributed by atoms with Gasteiger partial charge in [-0.3, -0.25) is 4.79 Å². The maximum absolute atomic E-state index is 13.5. The van der Waals surface area contributed by atoms with E-state index in [-0.39, 0.29) is 11.7 Å². The maximum Gasteiger partial charge on any atom is 0.410 e. The topological polar surface area (TPSA) is 127 Å². The Morgan fingerprint density at radius 1 is 1.02 bits per heavy atom. The molecule has 1 saturated carbocycles. The first kappa shape index (κ1) is 34.0. The fourth-order valence-electron chi connectivity index (χ4n) is 7.98. The second-order valence-corrected chi connectivity index (χ2v) is 15.7. The van der Waals surface area contributed by atoms with Crippen molar-refractivity contribution in [3.63, 3.8) is 0 Å². The number of ether oxygens (including phenoxy) is 1. The molecule has 1 atom stereocenters. The Balaban J connectivity index is 1.07. The van der Waals surface area contributed by atoms with E-state index in [1.807, 2.05) is 56.0 Å². The van der Waals surface area contributed by atoms with Gasteiger partial charge in [0, 0.05) is 25.0 Å². The lowest BCUT2D eigenvalue weighted by atomic mass is 9.64. The van der Waals surface area contributed by atoms with Crippen molar-refractivity contribution >= 4 is 28.8 Å². The number of carbonyl (C=O) groups is 1. The standard InChI is InChI=1S/C39H49N7O4/c1-26-24-28(12-13-29(26)27-14-17-39(18-15-27)19-22-44(23-20-39)36(48)50-37(2,3)4)41-35-40-25-30-33(43-35)46-32-11-9-10-31(42-32)38(5,49)16-7-6-8-21-45(46)34(30)47/h6,8-13,24-25,27,49H,7,14-23H2,1-5H3,(H,40,41,43)/b8-6-/t38-/m1/s1.